The monoisotopic (exact) mass is 391 g/mol. The highest BCUT2D eigenvalue weighted by atomic mass is 16.2. The van der Waals surface area contributed by atoms with E-state index < -0.39 is 0 Å². The molecule has 2 aromatic carbocycles. The third-order valence-corrected chi connectivity index (χ3v) is 6.22. The first-order valence-electron chi connectivity index (χ1n) is 10.5. The molecule has 2 aliphatic heterocycles. The number of hydrogen-bond donors (Lipinski definition) is 1. The van der Waals surface area contributed by atoms with Gasteiger partial charge in [0.1, 0.15) is 0 Å². The van der Waals surface area contributed by atoms with E-state index >= 15 is 0 Å². The van der Waals surface area contributed by atoms with Crippen LogP contribution in [0.5, 0.6) is 0 Å². The van der Waals surface area contributed by atoms with Crippen molar-refractivity contribution in [2.45, 2.75) is 26.3 Å². The molecule has 0 aliphatic carbocycles. The van der Waals surface area contributed by atoms with Crippen LogP contribution in [0.25, 0.3) is 0 Å². The molecule has 2 saturated heterocycles. The summed E-state index contributed by atoms with van der Waals surface area (Å²) in [6, 6.07) is 18.0. The van der Waals surface area contributed by atoms with Gasteiger partial charge in [0.05, 0.1) is 11.6 Å². The van der Waals surface area contributed by atoms with Gasteiger partial charge < -0.3 is 15.1 Å². The number of anilines is 1. The number of benzene rings is 2. The molecule has 2 aromatic rings. The van der Waals surface area contributed by atoms with Crippen LogP contribution in [0.4, 0.5) is 5.69 Å². The van der Waals surface area contributed by atoms with Gasteiger partial charge in [-0.25, -0.2) is 0 Å². The highest BCUT2D eigenvalue weighted by Crippen LogP contribution is 2.45. The van der Waals surface area contributed by atoms with Crippen LogP contribution in [-0.2, 0) is 4.79 Å². The Balaban J connectivity index is 1.56. The predicted octanol–water partition coefficient (Wildman–Crippen LogP) is 3.80. The normalized spacial score (nSPS) is 23.2. The van der Waals surface area contributed by atoms with Crippen molar-refractivity contribution < 1.29 is 9.59 Å². The molecule has 5 heteroatoms. The molecule has 1 N–H and O–H groups in total. The van der Waals surface area contributed by atoms with Crippen molar-refractivity contribution in [1.82, 2.24) is 9.80 Å². The number of likely N-dealkylation sites (tertiary alicyclic amines) is 2. The van der Waals surface area contributed by atoms with Crippen molar-refractivity contribution in [2.24, 2.45) is 11.8 Å². The van der Waals surface area contributed by atoms with Gasteiger partial charge >= 0.3 is 0 Å². The standard InChI is InChI=1S/C24H29N3O2/c1-3-13-25-22-12-8-7-11-20(22)24(29)26-14-19-15-27(17(2)28)23(21(19)16-26)18-9-5-4-6-10-18/h4-12,19,21,23,25H,3,13-16H2,1-2H3/t19-,21-,23+/m1/s1. The molecule has 3 atom stereocenters. The van der Waals surface area contributed by atoms with Gasteiger partial charge in [-0.1, -0.05) is 49.4 Å². The van der Waals surface area contributed by atoms with Crippen LogP contribution in [0.3, 0.4) is 0 Å². The lowest BCUT2D eigenvalue weighted by Gasteiger charge is -2.29. The van der Waals surface area contributed by atoms with E-state index in [9.17, 15) is 9.59 Å². The lowest BCUT2D eigenvalue weighted by Crippen LogP contribution is -2.36. The molecule has 152 valence electrons. The Morgan fingerprint density at radius 1 is 1.00 bits per heavy atom. The summed E-state index contributed by atoms with van der Waals surface area (Å²) in [5.41, 5.74) is 2.80. The number of carbonyl (C=O) groups excluding carboxylic acids is 2. The minimum absolute atomic E-state index is 0.0463. The molecule has 2 aliphatic rings. The summed E-state index contributed by atoms with van der Waals surface area (Å²) in [6.45, 7) is 6.73. The number of rotatable bonds is 5. The summed E-state index contributed by atoms with van der Waals surface area (Å²) < 4.78 is 0. The maximum atomic E-state index is 13.3. The third-order valence-electron chi connectivity index (χ3n) is 6.22. The topological polar surface area (TPSA) is 52.7 Å². The first kappa shape index (κ1) is 19.5. The van der Waals surface area contributed by atoms with Gasteiger partial charge in [-0.15, -0.1) is 0 Å². The second-order valence-electron chi connectivity index (χ2n) is 8.13. The maximum absolute atomic E-state index is 13.3. The van der Waals surface area contributed by atoms with Crippen LogP contribution in [0, 0.1) is 11.8 Å². The molecule has 5 nitrogen and oxygen atoms in total. The van der Waals surface area contributed by atoms with Crippen molar-refractivity contribution >= 4 is 17.5 Å². The van der Waals surface area contributed by atoms with E-state index in [4.69, 9.17) is 0 Å². The molecule has 0 aromatic heterocycles. The smallest absolute Gasteiger partial charge is 0.255 e. The summed E-state index contributed by atoms with van der Waals surface area (Å²) in [4.78, 5) is 29.6. The fraction of sp³-hybridized carbons (Fsp3) is 0.417. The van der Waals surface area contributed by atoms with Crippen LogP contribution >= 0.6 is 0 Å². The molecule has 0 radical (unpaired) electrons. The largest absolute Gasteiger partial charge is 0.384 e. The Bertz CT molecular complexity index is 883. The zero-order valence-corrected chi connectivity index (χ0v) is 17.2. The van der Waals surface area contributed by atoms with Crippen molar-refractivity contribution in [1.29, 1.82) is 0 Å². The van der Waals surface area contributed by atoms with Crippen LogP contribution in [0.1, 0.15) is 42.2 Å². The summed E-state index contributed by atoms with van der Waals surface area (Å²) >= 11 is 0. The fourth-order valence-corrected chi connectivity index (χ4v) is 4.87. The summed E-state index contributed by atoms with van der Waals surface area (Å²) in [5.74, 6) is 0.796. The molecule has 2 amide bonds. The van der Waals surface area contributed by atoms with Gasteiger partial charge in [0.25, 0.3) is 5.91 Å². The van der Waals surface area contributed by atoms with E-state index in [1.807, 2.05) is 52.3 Å². The minimum Gasteiger partial charge on any atom is -0.384 e. The van der Waals surface area contributed by atoms with Gasteiger partial charge in [0.2, 0.25) is 5.91 Å². The zero-order valence-electron chi connectivity index (χ0n) is 17.2. The molecular formula is C24H29N3O2. The van der Waals surface area contributed by atoms with E-state index in [2.05, 4.69) is 24.4 Å². The van der Waals surface area contributed by atoms with Gasteiger partial charge in [-0.2, -0.15) is 0 Å². The second-order valence-corrected chi connectivity index (χ2v) is 8.13. The van der Waals surface area contributed by atoms with E-state index in [1.54, 1.807) is 6.92 Å². The Morgan fingerprint density at radius 3 is 2.45 bits per heavy atom. The Labute approximate surface area is 172 Å². The molecule has 29 heavy (non-hydrogen) atoms. The van der Waals surface area contributed by atoms with Crippen molar-refractivity contribution in [3.8, 4) is 0 Å². The first-order chi connectivity index (χ1) is 14.1. The van der Waals surface area contributed by atoms with Crippen LogP contribution in [0.2, 0.25) is 0 Å². The van der Waals surface area contributed by atoms with Crippen molar-refractivity contribution in [3.63, 3.8) is 0 Å². The average molecular weight is 392 g/mol. The van der Waals surface area contributed by atoms with Crippen LogP contribution < -0.4 is 5.32 Å². The van der Waals surface area contributed by atoms with Crippen molar-refractivity contribution in [3.05, 3.63) is 65.7 Å². The fourth-order valence-electron chi connectivity index (χ4n) is 4.87. The Kier molecular flexibility index (Phi) is 5.56. The Hall–Kier alpha value is -2.82. The minimum atomic E-state index is 0.0463. The summed E-state index contributed by atoms with van der Waals surface area (Å²) in [6.07, 6.45) is 1.01. The first-order valence-corrected chi connectivity index (χ1v) is 10.5. The highest BCUT2D eigenvalue weighted by Gasteiger charge is 2.49. The number of para-hydroxylation sites is 1. The summed E-state index contributed by atoms with van der Waals surface area (Å²) in [7, 11) is 0. The van der Waals surface area contributed by atoms with Crippen LogP contribution in [-0.4, -0.2) is 47.8 Å². The van der Waals surface area contributed by atoms with E-state index in [0.29, 0.717) is 19.0 Å². The number of amides is 2. The molecule has 0 bridgehead atoms. The van der Waals surface area contributed by atoms with E-state index in [-0.39, 0.29) is 23.8 Å². The third kappa shape index (κ3) is 3.74. The highest BCUT2D eigenvalue weighted by molar-refractivity contribution is 5.99. The van der Waals surface area contributed by atoms with E-state index in [0.717, 1.165) is 36.3 Å². The number of fused-ring (bicyclic) bond motifs is 1. The predicted molar refractivity (Wildman–Crippen MR) is 115 cm³/mol. The second kappa shape index (κ2) is 8.27. The number of nitrogens with zero attached hydrogens (tertiary/aromatic N) is 2. The lowest BCUT2D eigenvalue weighted by atomic mass is 9.89. The van der Waals surface area contributed by atoms with Gasteiger partial charge in [-0.05, 0) is 24.1 Å². The average Bonchev–Trinajstić information content (AvgIpc) is 3.30. The van der Waals surface area contributed by atoms with Gasteiger partial charge in [0, 0.05) is 50.6 Å². The van der Waals surface area contributed by atoms with Gasteiger partial charge in [0.15, 0.2) is 0 Å². The van der Waals surface area contributed by atoms with Crippen molar-refractivity contribution in [2.75, 3.05) is 31.5 Å². The molecule has 0 unspecified atom stereocenters. The Morgan fingerprint density at radius 2 is 1.72 bits per heavy atom. The van der Waals surface area contributed by atoms with Gasteiger partial charge in [-0.3, -0.25) is 9.59 Å². The summed E-state index contributed by atoms with van der Waals surface area (Å²) in [5, 5.41) is 3.37. The molecule has 2 fully saturated rings. The SMILES string of the molecule is CCCNc1ccccc1C(=O)N1C[C@@H]2CN(C(C)=O)[C@@H](c3ccccc3)[C@@H]2C1. The molecule has 2 heterocycles. The molecule has 0 spiro atoms. The maximum Gasteiger partial charge on any atom is 0.255 e. The lowest BCUT2D eigenvalue weighted by molar-refractivity contribution is -0.130. The number of nitrogens with one attached hydrogen (secondary N) is 1. The molecular weight excluding hydrogens is 362 g/mol. The van der Waals surface area contributed by atoms with E-state index in [1.165, 1.54) is 0 Å². The number of carbonyl (C=O) groups is 2. The van der Waals surface area contributed by atoms with Crippen LogP contribution in [0.15, 0.2) is 54.6 Å². The quantitative estimate of drug-likeness (QED) is 0.843. The number of hydrogen-bond acceptors (Lipinski definition) is 3. The molecule has 0 saturated carbocycles. The molecule has 4 rings (SSSR count). The zero-order chi connectivity index (χ0) is 20.4.